The van der Waals surface area contributed by atoms with Crippen LogP contribution >= 0.6 is 22.9 Å². The first kappa shape index (κ1) is 39.2. The van der Waals surface area contributed by atoms with Gasteiger partial charge in [-0.15, -0.1) is 11.3 Å². The minimum atomic E-state index is -3.81. The Morgan fingerprint density at radius 2 is 1.91 bits per heavy atom. The molecule has 1 aromatic carbocycles. The van der Waals surface area contributed by atoms with E-state index in [1.165, 1.54) is 33.7 Å². The molecule has 290 valence electrons. The van der Waals surface area contributed by atoms with Crippen molar-refractivity contribution in [2.45, 2.75) is 56.7 Å². The number of rotatable bonds is 8. The first-order valence-corrected chi connectivity index (χ1v) is 20.6. The average Bonchev–Trinajstić information content (AvgIpc) is 3.59. The van der Waals surface area contributed by atoms with Crippen molar-refractivity contribution in [1.29, 1.82) is 5.26 Å². The van der Waals surface area contributed by atoms with E-state index in [1.54, 1.807) is 38.2 Å². The van der Waals surface area contributed by atoms with Crippen LogP contribution in [0, 0.1) is 30.1 Å². The monoisotopic (exact) mass is 822 g/mol. The molecule has 18 heteroatoms. The molecule has 2 aliphatic rings. The van der Waals surface area contributed by atoms with Crippen molar-refractivity contribution in [2.75, 3.05) is 38.0 Å². The summed E-state index contributed by atoms with van der Waals surface area (Å²) >= 11 is 7.63. The molecule has 7 rings (SSSR count). The first-order valence-electron chi connectivity index (χ1n) is 17.4. The number of carbonyl (C=O) groups is 1. The molecule has 1 amide bonds. The van der Waals surface area contributed by atoms with Gasteiger partial charge in [0.25, 0.3) is 17.4 Å². The molecular formula is C38H34ClF3N8O4S2. The summed E-state index contributed by atoms with van der Waals surface area (Å²) in [7, 11) is -2.04. The van der Waals surface area contributed by atoms with Gasteiger partial charge in [-0.1, -0.05) is 23.4 Å². The number of fused-ring (bicyclic) bond motifs is 2. The average molecular weight is 823 g/mol. The maximum Gasteiger partial charge on any atom is 0.267 e. The van der Waals surface area contributed by atoms with Gasteiger partial charge in [0.05, 0.1) is 51.2 Å². The fourth-order valence-corrected chi connectivity index (χ4v) is 9.33. The van der Waals surface area contributed by atoms with Gasteiger partial charge in [0.15, 0.2) is 0 Å². The molecule has 5 heterocycles. The van der Waals surface area contributed by atoms with Gasteiger partial charge in [0.1, 0.15) is 29.9 Å². The largest absolute Gasteiger partial charge is 0.355 e. The highest BCUT2D eigenvalue weighted by Gasteiger charge is 2.59. The van der Waals surface area contributed by atoms with Crippen LogP contribution in [0.4, 0.5) is 19.0 Å². The number of nitrogens with zero attached hydrogens (tertiary/aromatic N) is 7. The summed E-state index contributed by atoms with van der Waals surface area (Å²) in [6.45, 7) is 1.56. The van der Waals surface area contributed by atoms with Crippen molar-refractivity contribution in [3.8, 4) is 29.0 Å². The molecule has 4 aromatic heterocycles. The second kappa shape index (κ2) is 14.8. The van der Waals surface area contributed by atoms with Crippen LogP contribution in [0.3, 0.4) is 0 Å². The van der Waals surface area contributed by atoms with Crippen molar-refractivity contribution in [3.63, 3.8) is 0 Å². The summed E-state index contributed by atoms with van der Waals surface area (Å²) in [5.41, 5.74) is 0.919. The van der Waals surface area contributed by atoms with Crippen LogP contribution in [-0.2, 0) is 16.6 Å². The number of piperidine rings is 1. The van der Waals surface area contributed by atoms with Gasteiger partial charge >= 0.3 is 0 Å². The third-order valence-electron chi connectivity index (χ3n) is 10.4. The van der Waals surface area contributed by atoms with E-state index >= 15 is 0 Å². The van der Waals surface area contributed by atoms with Crippen LogP contribution in [0.5, 0.6) is 0 Å². The number of anilines is 1. The second-order valence-electron chi connectivity index (χ2n) is 14.2. The standard InChI is InChI=1S/C38H34ClF3N8O4S2/c1-22-46-30-17-45-34(48(2)25-9-13-49(14-10-25)37(21-40)19-38(41,42)20-37)28(16-43)31(30)36(52)50(22)12-4-5-23-6-7-24(39)15-27(23)26-8-11-44-32-29(18-55-33(26)32)35(51)47-56(3,53)54/h6-8,11,15,17-18,25H,9-10,12-14,19-21H2,1-3H3,(H,47,51). The van der Waals surface area contributed by atoms with Crippen LogP contribution in [0.1, 0.15) is 53.0 Å². The first-order chi connectivity index (χ1) is 26.5. The molecule has 1 aliphatic heterocycles. The predicted molar refractivity (Wildman–Crippen MR) is 208 cm³/mol. The molecule has 0 bridgehead atoms. The number of thiophene rings is 1. The molecule has 1 saturated heterocycles. The number of nitrogens with one attached hydrogen (secondary N) is 1. The van der Waals surface area contributed by atoms with E-state index in [1.807, 2.05) is 14.5 Å². The Bertz CT molecular complexity index is 2690. The number of hydrogen-bond donors (Lipinski definition) is 1. The Hall–Kier alpha value is -5.07. The molecule has 1 N–H and O–H groups in total. The number of aromatic nitrogens is 4. The van der Waals surface area contributed by atoms with E-state index in [0.717, 1.165) is 6.26 Å². The molecule has 1 saturated carbocycles. The number of carbonyl (C=O) groups excluding carboxylic acids is 1. The van der Waals surface area contributed by atoms with Crippen molar-refractivity contribution in [3.05, 3.63) is 79.9 Å². The van der Waals surface area contributed by atoms with E-state index in [9.17, 15) is 36.4 Å². The predicted octanol–water partition coefficient (Wildman–Crippen LogP) is 5.68. The number of likely N-dealkylation sites (tertiary alicyclic amines) is 1. The number of amides is 1. The Labute approximate surface area is 329 Å². The number of aryl methyl sites for hydroxylation is 1. The third-order valence-corrected chi connectivity index (χ3v) is 12.2. The molecule has 0 unspecified atom stereocenters. The Morgan fingerprint density at radius 3 is 2.57 bits per heavy atom. The summed E-state index contributed by atoms with van der Waals surface area (Å²) in [6, 6.07) is 8.86. The summed E-state index contributed by atoms with van der Waals surface area (Å²) in [5.74, 6) is 3.16. The Morgan fingerprint density at radius 1 is 1.18 bits per heavy atom. The van der Waals surface area contributed by atoms with Gasteiger partial charge in [-0.25, -0.2) is 36.3 Å². The number of benzene rings is 1. The number of halogens is 4. The molecule has 56 heavy (non-hydrogen) atoms. The minimum Gasteiger partial charge on any atom is -0.355 e. The van der Waals surface area contributed by atoms with E-state index in [2.05, 4.69) is 32.9 Å². The number of alkyl halides is 3. The number of pyridine rings is 2. The second-order valence-corrected chi connectivity index (χ2v) is 17.2. The van der Waals surface area contributed by atoms with E-state index in [-0.39, 0.29) is 40.4 Å². The Kier molecular flexibility index (Phi) is 10.3. The summed E-state index contributed by atoms with van der Waals surface area (Å²) in [5, 5.41) is 12.4. The van der Waals surface area contributed by atoms with Crippen LogP contribution in [0.2, 0.25) is 5.02 Å². The van der Waals surface area contributed by atoms with Gasteiger partial charge < -0.3 is 4.90 Å². The van der Waals surface area contributed by atoms with Crippen molar-refractivity contribution in [2.24, 2.45) is 0 Å². The van der Waals surface area contributed by atoms with Crippen molar-refractivity contribution < 1.29 is 26.4 Å². The van der Waals surface area contributed by atoms with Crippen molar-refractivity contribution >= 4 is 65.8 Å². The van der Waals surface area contributed by atoms with Crippen LogP contribution in [0.25, 0.3) is 32.2 Å². The van der Waals surface area contributed by atoms with Crippen LogP contribution < -0.4 is 15.2 Å². The lowest BCUT2D eigenvalue weighted by atomic mass is 9.72. The highest BCUT2D eigenvalue weighted by Crippen LogP contribution is 2.50. The SMILES string of the molecule is Cc1nc2cnc(N(C)C3CCN(C4(CF)CC(F)(F)C4)CC3)c(C#N)c2c(=O)n1CC#Cc1ccc(Cl)cc1-c1ccnc2c(C(=O)NS(C)(=O)=O)csc12. The zero-order chi connectivity index (χ0) is 40.2. The molecule has 12 nitrogen and oxygen atoms in total. The highest BCUT2D eigenvalue weighted by atomic mass is 35.5. The lowest BCUT2D eigenvalue weighted by Crippen LogP contribution is -2.65. The van der Waals surface area contributed by atoms with Crippen LogP contribution in [0.15, 0.2) is 46.8 Å². The number of hydrogen-bond acceptors (Lipinski definition) is 11. The molecule has 1 aliphatic carbocycles. The molecule has 0 radical (unpaired) electrons. The van der Waals surface area contributed by atoms with Gasteiger partial charge in [-0.05, 0) is 44.0 Å². The van der Waals surface area contributed by atoms with Gasteiger partial charge in [-0.3, -0.25) is 24.0 Å². The van der Waals surface area contributed by atoms with Gasteiger partial charge in [0, 0.05) is 72.3 Å². The number of nitriles is 1. The van der Waals surface area contributed by atoms with E-state index in [0.29, 0.717) is 63.7 Å². The molecular weight excluding hydrogens is 789 g/mol. The minimum absolute atomic E-state index is 0.0488. The number of sulfonamides is 1. The van der Waals surface area contributed by atoms with E-state index < -0.39 is 52.5 Å². The lowest BCUT2D eigenvalue weighted by Gasteiger charge is -2.54. The fourth-order valence-electron chi connectivity index (χ4n) is 7.67. The zero-order valence-electron chi connectivity index (χ0n) is 30.4. The maximum absolute atomic E-state index is 14.1. The van der Waals surface area contributed by atoms with Crippen molar-refractivity contribution in [1.82, 2.24) is 29.1 Å². The lowest BCUT2D eigenvalue weighted by molar-refractivity contribution is -0.185. The third kappa shape index (κ3) is 7.32. The topological polar surface area (TPSA) is 154 Å². The molecule has 0 atom stereocenters. The zero-order valence-corrected chi connectivity index (χ0v) is 32.8. The quantitative estimate of drug-likeness (QED) is 0.194. The van der Waals surface area contributed by atoms with Gasteiger partial charge in [0.2, 0.25) is 10.0 Å². The smallest absolute Gasteiger partial charge is 0.267 e. The van der Waals surface area contributed by atoms with Crippen LogP contribution in [-0.4, -0.2) is 89.3 Å². The summed E-state index contributed by atoms with van der Waals surface area (Å²) in [4.78, 5) is 43.9. The normalized spacial score (nSPS) is 16.8. The van der Waals surface area contributed by atoms with E-state index in [4.69, 9.17) is 11.6 Å². The fraction of sp³-hybridized carbons (Fsp3) is 0.368. The highest BCUT2D eigenvalue weighted by molar-refractivity contribution is 7.89. The summed E-state index contributed by atoms with van der Waals surface area (Å²) in [6.07, 6.45) is 3.92. The summed E-state index contributed by atoms with van der Waals surface area (Å²) < 4.78 is 68.8. The van der Waals surface area contributed by atoms with Gasteiger partial charge in [-0.2, -0.15) is 5.26 Å². The molecule has 2 fully saturated rings. The Balaban J connectivity index is 1.17. The molecule has 5 aromatic rings. The molecule has 0 spiro atoms. The maximum atomic E-state index is 14.1.